The minimum Gasteiger partial charge on any atom is -0.326 e. The van der Waals surface area contributed by atoms with Crippen molar-refractivity contribution in [3.63, 3.8) is 0 Å². The van der Waals surface area contributed by atoms with Crippen molar-refractivity contribution in [1.29, 1.82) is 0 Å². The van der Waals surface area contributed by atoms with E-state index in [-0.39, 0.29) is 18.0 Å². The zero-order chi connectivity index (χ0) is 16.1. The molecule has 1 aromatic carbocycles. The van der Waals surface area contributed by atoms with Crippen LogP contribution in [0.3, 0.4) is 0 Å². The Morgan fingerprint density at radius 1 is 1.41 bits per heavy atom. The predicted molar refractivity (Wildman–Crippen MR) is 83.4 cm³/mol. The average Bonchev–Trinajstić information content (AvgIpc) is 2.45. The summed E-state index contributed by atoms with van der Waals surface area (Å²) in [5, 5.41) is 13.4. The molecule has 0 radical (unpaired) electrons. The zero-order valence-corrected chi connectivity index (χ0v) is 12.0. The molecule has 0 heterocycles. The molecule has 0 aliphatic heterocycles. The van der Waals surface area contributed by atoms with Crippen LogP contribution in [0.25, 0.3) is 0 Å². The minimum atomic E-state index is -0.476. The maximum absolute atomic E-state index is 11.0. The summed E-state index contributed by atoms with van der Waals surface area (Å²) in [7, 11) is 0. The SMILES string of the molecule is CC(=O)Nc1cccc(C#CC2=CC=C([N+](=O)[O-])CC2N)c1. The Balaban J connectivity index is 2.20. The van der Waals surface area contributed by atoms with Gasteiger partial charge in [-0.1, -0.05) is 17.9 Å². The summed E-state index contributed by atoms with van der Waals surface area (Å²) >= 11 is 0. The smallest absolute Gasteiger partial charge is 0.248 e. The summed E-state index contributed by atoms with van der Waals surface area (Å²) in [6, 6.07) is 6.64. The van der Waals surface area contributed by atoms with Crippen molar-refractivity contribution in [2.45, 2.75) is 19.4 Å². The van der Waals surface area contributed by atoms with Crippen LogP contribution in [0, 0.1) is 22.0 Å². The van der Waals surface area contributed by atoms with Gasteiger partial charge in [0.05, 0.1) is 11.3 Å². The second kappa shape index (κ2) is 6.70. The van der Waals surface area contributed by atoms with Gasteiger partial charge in [0.15, 0.2) is 0 Å². The summed E-state index contributed by atoms with van der Waals surface area (Å²) in [6.07, 6.45) is 3.18. The maximum Gasteiger partial charge on any atom is 0.248 e. The predicted octanol–water partition coefficient (Wildman–Crippen LogP) is 1.81. The molecule has 1 atom stereocenters. The van der Waals surface area contributed by atoms with E-state index in [0.717, 1.165) is 5.56 Å². The molecule has 3 N–H and O–H groups in total. The van der Waals surface area contributed by atoms with Gasteiger partial charge in [-0.05, 0) is 24.3 Å². The van der Waals surface area contributed by atoms with Crippen LogP contribution < -0.4 is 11.1 Å². The van der Waals surface area contributed by atoms with Crippen molar-refractivity contribution >= 4 is 11.6 Å². The Morgan fingerprint density at radius 3 is 2.82 bits per heavy atom. The molecule has 1 aliphatic rings. The summed E-state index contributed by atoms with van der Waals surface area (Å²) in [5.74, 6) is 5.73. The molecule has 0 saturated heterocycles. The van der Waals surface area contributed by atoms with Gasteiger partial charge in [0.1, 0.15) is 0 Å². The largest absolute Gasteiger partial charge is 0.326 e. The number of nitrogens with zero attached hydrogens (tertiary/aromatic N) is 1. The molecule has 0 fully saturated rings. The second-order valence-corrected chi connectivity index (χ2v) is 4.86. The van der Waals surface area contributed by atoms with Gasteiger partial charge >= 0.3 is 0 Å². The number of nitrogens with two attached hydrogens (primary N) is 1. The first kappa shape index (κ1) is 15.5. The Labute approximate surface area is 127 Å². The third-order valence-electron chi connectivity index (χ3n) is 3.05. The third kappa shape index (κ3) is 4.04. The first-order valence-electron chi connectivity index (χ1n) is 6.66. The number of rotatable bonds is 2. The lowest BCUT2D eigenvalue weighted by molar-refractivity contribution is -0.428. The Morgan fingerprint density at radius 2 is 2.18 bits per heavy atom. The Bertz CT molecular complexity index is 738. The van der Waals surface area contributed by atoms with Crippen LogP contribution in [0.5, 0.6) is 0 Å². The number of hydrogen-bond acceptors (Lipinski definition) is 4. The summed E-state index contributed by atoms with van der Waals surface area (Å²) in [4.78, 5) is 21.3. The van der Waals surface area contributed by atoms with Crippen LogP contribution >= 0.6 is 0 Å². The molecule has 1 amide bonds. The first-order valence-corrected chi connectivity index (χ1v) is 6.66. The standard InChI is InChI=1S/C16H15N3O3/c1-11(20)18-14-4-2-3-12(9-14)5-6-13-7-8-15(19(21)22)10-16(13)17/h2-4,7-9,16H,10,17H2,1H3,(H,18,20). The lowest BCUT2D eigenvalue weighted by Gasteiger charge is -2.12. The van der Waals surface area contributed by atoms with Gasteiger partial charge in [-0.3, -0.25) is 14.9 Å². The van der Waals surface area contributed by atoms with Crippen molar-refractivity contribution in [2.75, 3.05) is 5.32 Å². The molecular weight excluding hydrogens is 282 g/mol. The molecule has 112 valence electrons. The summed E-state index contributed by atoms with van der Waals surface area (Å²) < 4.78 is 0. The molecule has 0 aromatic heterocycles. The van der Waals surface area contributed by atoms with Crippen LogP contribution in [0.15, 0.2) is 47.7 Å². The van der Waals surface area contributed by atoms with E-state index in [1.807, 2.05) is 6.07 Å². The topological polar surface area (TPSA) is 98.3 Å². The van der Waals surface area contributed by atoms with Crippen LogP contribution in [-0.4, -0.2) is 16.9 Å². The molecule has 2 rings (SSSR count). The highest BCUT2D eigenvalue weighted by molar-refractivity contribution is 5.88. The van der Waals surface area contributed by atoms with Crippen molar-refractivity contribution in [3.8, 4) is 11.8 Å². The van der Waals surface area contributed by atoms with Crippen LogP contribution in [0.2, 0.25) is 0 Å². The minimum absolute atomic E-state index is 0.0886. The Hall–Kier alpha value is -2.91. The van der Waals surface area contributed by atoms with E-state index in [9.17, 15) is 14.9 Å². The van der Waals surface area contributed by atoms with Crippen molar-refractivity contribution < 1.29 is 9.72 Å². The Kier molecular flexibility index (Phi) is 4.71. The normalized spacial score (nSPS) is 16.7. The number of carbonyl (C=O) groups is 1. The molecule has 22 heavy (non-hydrogen) atoms. The lowest BCUT2D eigenvalue weighted by Crippen LogP contribution is -2.26. The van der Waals surface area contributed by atoms with Gasteiger partial charge in [-0.15, -0.1) is 0 Å². The van der Waals surface area contributed by atoms with Crippen molar-refractivity contribution in [3.05, 3.63) is 63.4 Å². The summed E-state index contributed by atoms with van der Waals surface area (Å²) in [5.41, 5.74) is 8.02. The lowest BCUT2D eigenvalue weighted by atomic mass is 9.97. The zero-order valence-electron chi connectivity index (χ0n) is 12.0. The monoisotopic (exact) mass is 297 g/mol. The molecule has 0 bridgehead atoms. The van der Waals surface area contributed by atoms with Crippen molar-refractivity contribution in [1.82, 2.24) is 0 Å². The van der Waals surface area contributed by atoms with Gasteiger partial charge in [0.25, 0.3) is 0 Å². The van der Waals surface area contributed by atoms with E-state index in [1.165, 1.54) is 13.0 Å². The number of carbonyl (C=O) groups excluding carboxylic acids is 1. The van der Waals surface area contributed by atoms with E-state index >= 15 is 0 Å². The fraction of sp³-hybridized carbons (Fsp3) is 0.188. The van der Waals surface area contributed by atoms with E-state index in [1.54, 1.807) is 24.3 Å². The van der Waals surface area contributed by atoms with E-state index in [0.29, 0.717) is 11.3 Å². The van der Waals surface area contributed by atoms with Crippen LogP contribution in [0.1, 0.15) is 18.9 Å². The number of amides is 1. The number of hydrogen-bond donors (Lipinski definition) is 2. The molecule has 1 unspecified atom stereocenters. The maximum atomic E-state index is 11.0. The first-order chi connectivity index (χ1) is 10.5. The molecule has 1 aromatic rings. The van der Waals surface area contributed by atoms with Crippen LogP contribution in [0.4, 0.5) is 5.69 Å². The molecular formula is C16H15N3O3. The highest BCUT2D eigenvalue weighted by atomic mass is 16.6. The molecule has 6 nitrogen and oxygen atoms in total. The van der Waals surface area contributed by atoms with E-state index in [4.69, 9.17) is 5.73 Å². The van der Waals surface area contributed by atoms with E-state index in [2.05, 4.69) is 17.2 Å². The number of benzene rings is 1. The third-order valence-corrected chi connectivity index (χ3v) is 3.05. The van der Waals surface area contributed by atoms with Gasteiger partial charge in [0, 0.05) is 35.9 Å². The number of nitrogens with one attached hydrogen (secondary N) is 1. The molecule has 0 spiro atoms. The number of anilines is 1. The second-order valence-electron chi connectivity index (χ2n) is 4.86. The van der Waals surface area contributed by atoms with Gasteiger partial charge < -0.3 is 11.1 Å². The highest BCUT2D eigenvalue weighted by Crippen LogP contribution is 2.17. The molecule has 0 saturated carbocycles. The number of nitro groups is 1. The van der Waals surface area contributed by atoms with Crippen LogP contribution in [-0.2, 0) is 4.79 Å². The van der Waals surface area contributed by atoms with Crippen molar-refractivity contribution in [2.24, 2.45) is 5.73 Å². The van der Waals surface area contributed by atoms with Gasteiger partial charge in [-0.2, -0.15) is 0 Å². The quantitative estimate of drug-likeness (QED) is 0.494. The molecule has 6 heteroatoms. The fourth-order valence-corrected chi connectivity index (χ4v) is 2.00. The highest BCUT2D eigenvalue weighted by Gasteiger charge is 2.21. The van der Waals surface area contributed by atoms with Gasteiger partial charge in [0.2, 0.25) is 11.6 Å². The number of allylic oxidation sites excluding steroid dienone is 2. The fourth-order valence-electron chi connectivity index (χ4n) is 2.00. The molecule has 1 aliphatic carbocycles. The summed E-state index contributed by atoms with van der Waals surface area (Å²) in [6.45, 7) is 1.43. The average molecular weight is 297 g/mol. The van der Waals surface area contributed by atoms with E-state index < -0.39 is 11.0 Å². The van der Waals surface area contributed by atoms with Gasteiger partial charge in [-0.25, -0.2) is 0 Å².